The summed E-state index contributed by atoms with van der Waals surface area (Å²) in [6.07, 6.45) is 0. The van der Waals surface area contributed by atoms with Crippen LogP contribution in [0.2, 0.25) is 0 Å². The molecular formula is C12H18BrNO4S. The average molecular weight is 352 g/mol. The number of hydrogen-bond acceptors (Lipinski definition) is 4. The predicted octanol–water partition coefficient (Wildman–Crippen LogP) is 1.21. The topological polar surface area (TPSA) is 66.8 Å². The Labute approximate surface area is 122 Å². The van der Waals surface area contributed by atoms with Crippen LogP contribution in [0.1, 0.15) is 5.56 Å². The summed E-state index contributed by atoms with van der Waals surface area (Å²) in [6.45, 7) is 0.354. The van der Waals surface area contributed by atoms with E-state index >= 15 is 0 Å². The van der Waals surface area contributed by atoms with Crippen LogP contribution in [0.25, 0.3) is 0 Å². The molecule has 0 saturated heterocycles. The van der Waals surface area contributed by atoms with Crippen molar-refractivity contribution in [1.82, 2.24) is 4.31 Å². The fourth-order valence-corrected chi connectivity index (χ4v) is 3.35. The van der Waals surface area contributed by atoms with Crippen molar-refractivity contribution in [3.8, 4) is 0 Å². The van der Waals surface area contributed by atoms with E-state index in [9.17, 15) is 8.42 Å². The van der Waals surface area contributed by atoms with Gasteiger partial charge in [-0.15, -0.1) is 0 Å². The Morgan fingerprint density at radius 3 is 2.37 bits per heavy atom. The molecule has 5 nitrogen and oxygen atoms in total. The SMILES string of the molecule is COCCN(CCO)S(=O)(=O)c1ccc(CBr)cc1. The Hall–Kier alpha value is -0.470. The molecule has 0 bridgehead atoms. The highest BCUT2D eigenvalue weighted by molar-refractivity contribution is 9.08. The molecule has 1 rings (SSSR count). The highest BCUT2D eigenvalue weighted by Crippen LogP contribution is 2.17. The molecule has 7 heteroatoms. The van der Waals surface area contributed by atoms with E-state index in [0.29, 0.717) is 11.9 Å². The summed E-state index contributed by atoms with van der Waals surface area (Å²) in [5.41, 5.74) is 1.00. The summed E-state index contributed by atoms with van der Waals surface area (Å²) in [7, 11) is -2.07. The number of alkyl halides is 1. The fourth-order valence-electron chi connectivity index (χ4n) is 1.56. The van der Waals surface area contributed by atoms with E-state index in [1.54, 1.807) is 24.3 Å². The molecule has 0 unspecified atom stereocenters. The molecule has 1 aromatic rings. The Morgan fingerprint density at radius 2 is 1.89 bits per heavy atom. The largest absolute Gasteiger partial charge is 0.395 e. The van der Waals surface area contributed by atoms with Gasteiger partial charge in [0.1, 0.15) is 0 Å². The molecule has 0 saturated carbocycles. The molecule has 0 radical (unpaired) electrons. The first kappa shape index (κ1) is 16.6. The zero-order valence-electron chi connectivity index (χ0n) is 10.8. The van der Waals surface area contributed by atoms with Crippen LogP contribution in [0.5, 0.6) is 0 Å². The van der Waals surface area contributed by atoms with Crippen molar-refractivity contribution in [2.75, 3.05) is 33.4 Å². The first-order valence-electron chi connectivity index (χ1n) is 5.81. The zero-order valence-corrected chi connectivity index (χ0v) is 13.2. The van der Waals surface area contributed by atoms with Gasteiger partial charge in [0.25, 0.3) is 0 Å². The van der Waals surface area contributed by atoms with Gasteiger partial charge in [-0.2, -0.15) is 4.31 Å². The van der Waals surface area contributed by atoms with E-state index in [2.05, 4.69) is 15.9 Å². The Balaban J connectivity index is 2.96. The number of hydrogen-bond donors (Lipinski definition) is 1. The lowest BCUT2D eigenvalue weighted by Crippen LogP contribution is -2.36. The lowest BCUT2D eigenvalue weighted by molar-refractivity contribution is 0.168. The minimum Gasteiger partial charge on any atom is -0.395 e. The van der Waals surface area contributed by atoms with Gasteiger partial charge in [0.05, 0.1) is 18.1 Å². The van der Waals surface area contributed by atoms with Crippen LogP contribution >= 0.6 is 15.9 Å². The molecule has 0 aromatic heterocycles. The van der Waals surface area contributed by atoms with Gasteiger partial charge in [0.15, 0.2) is 0 Å². The number of aliphatic hydroxyl groups is 1. The number of rotatable bonds is 8. The summed E-state index contributed by atoms with van der Waals surface area (Å²) in [5.74, 6) is 0. The molecule has 0 aliphatic carbocycles. The summed E-state index contributed by atoms with van der Waals surface area (Å²) >= 11 is 3.31. The molecular weight excluding hydrogens is 334 g/mol. The van der Waals surface area contributed by atoms with Crippen LogP contribution in [0.3, 0.4) is 0 Å². The van der Waals surface area contributed by atoms with E-state index < -0.39 is 10.0 Å². The number of nitrogens with zero attached hydrogens (tertiary/aromatic N) is 1. The molecule has 19 heavy (non-hydrogen) atoms. The molecule has 0 aliphatic heterocycles. The molecule has 1 N–H and O–H groups in total. The van der Waals surface area contributed by atoms with Crippen LogP contribution in [-0.4, -0.2) is 51.2 Å². The van der Waals surface area contributed by atoms with E-state index in [1.165, 1.54) is 11.4 Å². The fraction of sp³-hybridized carbons (Fsp3) is 0.500. The smallest absolute Gasteiger partial charge is 0.243 e. The lowest BCUT2D eigenvalue weighted by Gasteiger charge is -2.21. The first-order chi connectivity index (χ1) is 9.06. The summed E-state index contributed by atoms with van der Waals surface area (Å²) < 4.78 is 30.9. The van der Waals surface area contributed by atoms with Crippen LogP contribution < -0.4 is 0 Å². The molecule has 1 aromatic carbocycles. The minimum absolute atomic E-state index is 0.0614. The Bertz CT molecular complexity index is 475. The van der Waals surface area contributed by atoms with Crippen molar-refractivity contribution in [3.63, 3.8) is 0 Å². The highest BCUT2D eigenvalue weighted by Gasteiger charge is 2.23. The normalized spacial score (nSPS) is 12.0. The summed E-state index contributed by atoms with van der Waals surface area (Å²) in [6, 6.07) is 6.66. The summed E-state index contributed by atoms with van der Waals surface area (Å²) in [4.78, 5) is 0.224. The van der Waals surface area contributed by atoms with E-state index in [0.717, 1.165) is 5.56 Å². The van der Waals surface area contributed by atoms with Gasteiger partial charge in [-0.1, -0.05) is 28.1 Å². The van der Waals surface area contributed by atoms with Gasteiger partial charge in [0, 0.05) is 25.5 Å². The molecule has 0 atom stereocenters. The summed E-state index contributed by atoms with van der Waals surface area (Å²) in [5, 5.41) is 9.65. The maximum atomic E-state index is 12.4. The van der Waals surface area contributed by atoms with Gasteiger partial charge in [-0.05, 0) is 17.7 Å². The third-order valence-electron chi connectivity index (χ3n) is 2.61. The number of halogens is 1. The standard InChI is InChI=1S/C12H18BrNO4S/c1-18-9-7-14(6-8-15)19(16,17)12-4-2-11(10-13)3-5-12/h2-5,15H,6-10H2,1H3. The molecule has 0 fully saturated rings. The van der Waals surface area contributed by atoms with Gasteiger partial charge >= 0.3 is 0 Å². The Morgan fingerprint density at radius 1 is 1.26 bits per heavy atom. The third kappa shape index (κ3) is 4.54. The van der Waals surface area contributed by atoms with Crippen LogP contribution in [0, 0.1) is 0 Å². The molecule has 0 amide bonds. The van der Waals surface area contributed by atoms with E-state index in [1.807, 2.05) is 0 Å². The van der Waals surface area contributed by atoms with E-state index in [4.69, 9.17) is 9.84 Å². The van der Waals surface area contributed by atoms with Crippen molar-refractivity contribution in [1.29, 1.82) is 0 Å². The third-order valence-corrected chi connectivity index (χ3v) is 5.17. The zero-order chi connectivity index (χ0) is 14.3. The van der Waals surface area contributed by atoms with Gasteiger partial charge in [-0.25, -0.2) is 8.42 Å². The average Bonchev–Trinajstić information content (AvgIpc) is 2.43. The second-order valence-electron chi connectivity index (χ2n) is 3.90. The van der Waals surface area contributed by atoms with Crippen LogP contribution in [-0.2, 0) is 20.1 Å². The molecule has 0 spiro atoms. The number of methoxy groups -OCH3 is 1. The maximum absolute atomic E-state index is 12.4. The monoisotopic (exact) mass is 351 g/mol. The van der Waals surface area contributed by atoms with Crippen molar-refractivity contribution in [3.05, 3.63) is 29.8 Å². The molecule has 108 valence electrons. The van der Waals surface area contributed by atoms with Gasteiger partial charge in [-0.3, -0.25) is 0 Å². The van der Waals surface area contributed by atoms with Crippen molar-refractivity contribution >= 4 is 26.0 Å². The maximum Gasteiger partial charge on any atom is 0.243 e. The van der Waals surface area contributed by atoms with Gasteiger partial charge < -0.3 is 9.84 Å². The highest BCUT2D eigenvalue weighted by atomic mass is 79.9. The van der Waals surface area contributed by atoms with E-state index in [-0.39, 0.29) is 24.6 Å². The second-order valence-corrected chi connectivity index (χ2v) is 6.40. The van der Waals surface area contributed by atoms with Crippen molar-refractivity contribution < 1.29 is 18.3 Å². The predicted molar refractivity (Wildman–Crippen MR) is 76.8 cm³/mol. The minimum atomic E-state index is -3.58. The van der Waals surface area contributed by atoms with Crippen molar-refractivity contribution in [2.45, 2.75) is 10.2 Å². The second kappa shape index (κ2) is 7.96. The van der Waals surface area contributed by atoms with Crippen LogP contribution in [0.4, 0.5) is 0 Å². The van der Waals surface area contributed by atoms with Crippen LogP contribution in [0.15, 0.2) is 29.2 Å². The molecule has 0 aliphatic rings. The first-order valence-corrected chi connectivity index (χ1v) is 8.37. The lowest BCUT2D eigenvalue weighted by atomic mass is 10.2. The molecule has 0 heterocycles. The number of aliphatic hydroxyl groups excluding tert-OH is 1. The Kier molecular flexibility index (Phi) is 6.95. The number of benzene rings is 1. The number of sulfonamides is 1. The van der Waals surface area contributed by atoms with Crippen molar-refractivity contribution in [2.24, 2.45) is 0 Å². The number of ether oxygens (including phenoxy) is 1. The quantitative estimate of drug-likeness (QED) is 0.715. The van der Waals surface area contributed by atoms with Gasteiger partial charge in [0.2, 0.25) is 10.0 Å².